The summed E-state index contributed by atoms with van der Waals surface area (Å²) in [5.74, 6) is -0.795. The molecule has 3 aromatic carbocycles. The molecule has 0 N–H and O–H groups in total. The molecule has 1 aliphatic rings. The molecule has 4 heteroatoms. The molecular weight excluding hydrogens is 386 g/mol. The van der Waals surface area contributed by atoms with Crippen molar-refractivity contribution in [2.45, 2.75) is 13.0 Å². The number of hydrogen-bond donors (Lipinski definition) is 0. The Morgan fingerprint density at radius 3 is 1.68 bits per heavy atom. The highest BCUT2D eigenvalue weighted by Crippen LogP contribution is 2.43. The lowest BCUT2D eigenvalue weighted by molar-refractivity contribution is -0.142. The largest absolute Gasteiger partial charge is 0.452 e. The van der Waals surface area contributed by atoms with Gasteiger partial charge in [-0.25, -0.2) is 0 Å². The van der Waals surface area contributed by atoms with Crippen molar-refractivity contribution in [1.82, 2.24) is 0 Å². The molecule has 3 aromatic rings. The first kappa shape index (κ1) is 20.1. The van der Waals surface area contributed by atoms with Gasteiger partial charge < -0.3 is 4.74 Å². The van der Waals surface area contributed by atoms with Crippen LogP contribution in [0.2, 0.25) is 0 Å². The average Bonchev–Trinajstić information content (AvgIpc) is 2.80. The number of esters is 1. The topological polar surface area (TPSA) is 67.2 Å². The second kappa shape index (κ2) is 8.64. The molecule has 0 radical (unpaired) electrons. The normalized spacial score (nSPS) is 16.1. The number of nitrogens with zero attached hydrogens (tertiary/aromatic N) is 1. The van der Waals surface area contributed by atoms with Crippen LogP contribution in [0.3, 0.4) is 0 Å². The summed E-state index contributed by atoms with van der Waals surface area (Å²) in [6.07, 6.45) is -0.993. The molecule has 1 atom stereocenters. The van der Waals surface area contributed by atoms with Crippen LogP contribution in [0.5, 0.6) is 0 Å². The third-order valence-corrected chi connectivity index (χ3v) is 5.13. The first-order valence-electron chi connectivity index (χ1n) is 9.88. The van der Waals surface area contributed by atoms with Crippen LogP contribution in [0, 0.1) is 11.3 Å². The molecule has 0 spiro atoms. The van der Waals surface area contributed by atoms with Crippen molar-refractivity contribution >= 4 is 28.5 Å². The van der Waals surface area contributed by atoms with E-state index in [0.29, 0.717) is 22.3 Å². The molecular formula is C27H19NO3. The number of carbonyl (C=O) groups is 2. The lowest BCUT2D eigenvalue weighted by Crippen LogP contribution is -2.29. The van der Waals surface area contributed by atoms with E-state index in [-0.39, 0.29) is 16.9 Å². The number of allylic oxidation sites excluding steroid dienone is 2. The van der Waals surface area contributed by atoms with Crippen LogP contribution in [0.25, 0.3) is 16.7 Å². The Bertz CT molecular complexity index is 1230. The Balaban J connectivity index is 2.08. The molecule has 4 nitrogen and oxygen atoms in total. The minimum absolute atomic E-state index is 0.130. The summed E-state index contributed by atoms with van der Waals surface area (Å²) in [4.78, 5) is 26.0. The minimum Gasteiger partial charge on any atom is -0.452 e. The molecule has 0 fully saturated rings. The van der Waals surface area contributed by atoms with Crippen molar-refractivity contribution in [2.24, 2.45) is 0 Å². The van der Waals surface area contributed by atoms with Gasteiger partial charge in [0.05, 0.1) is 11.6 Å². The van der Waals surface area contributed by atoms with Crippen molar-refractivity contribution in [2.75, 3.05) is 0 Å². The number of carbonyl (C=O) groups excluding carboxylic acids is 2. The van der Waals surface area contributed by atoms with Gasteiger partial charge in [0.25, 0.3) is 0 Å². The zero-order chi connectivity index (χ0) is 21.8. The number of ether oxygens (including phenoxy) is 1. The second-order valence-corrected chi connectivity index (χ2v) is 7.11. The zero-order valence-electron chi connectivity index (χ0n) is 16.9. The summed E-state index contributed by atoms with van der Waals surface area (Å²) < 4.78 is 5.68. The summed E-state index contributed by atoms with van der Waals surface area (Å²) in [6, 6.07) is 29.7. The lowest BCUT2D eigenvalue weighted by Gasteiger charge is -2.30. The summed E-state index contributed by atoms with van der Waals surface area (Å²) >= 11 is 0. The fourth-order valence-electron chi connectivity index (χ4n) is 3.87. The highest BCUT2D eigenvalue weighted by atomic mass is 16.5. The number of Topliss-reactive ketones (excluding diaryl/α,β-unsaturated/α-hetero) is 1. The van der Waals surface area contributed by atoms with Gasteiger partial charge in [-0.1, -0.05) is 91.0 Å². The standard InChI is InChI=1S/C27H19NO3/c1-18(29)31-27-22(17-28)23(19-11-5-2-6-12-19)26(30)24(20-13-7-3-8-14-20)25(27)21-15-9-4-10-16-21/h2-16,27H,1H3. The van der Waals surface area contributed by atoms with E-state index in [4.69, 9.17) is 4.74 Å². The smallest absolute Gasteiger partial charge is 0.303 e. The minimum atomic E-state index is -0.993. The maximum Gasteiger partial charge on any atom is 0.303 e. The molecule has 0 aromatic heterocycles. The Hall–Kier alpha value is -4.23. The number of rotatable bonds is 4. The quantitative estimate of drug-likeness (QED) is 0.567. The third kappa shape index (κ3) is 3.82. The Labute approximate surface area is 180 Å². The SMILES string of the molecule is CC(=O)OC1C(C#N)=C(c2ccccc2)C(=O)C(c2ccccc2)=C1c1ccccc1. The first-order chi connectivity index (χ1) is 15.1. The Morgan fingerprint density at radius 2 is 1.23 bits per heavy atom. The van der Waals surface area contributed by atoms with Crippen molar-refractivity contribution in [3.05, 3.63) is 113 Å². The van der Waals surface area contributed by atoms with Crippen LogP contribution in [-0.2, 0) is 14.3 Å². The number of nitriles is 1. The van der Waals surface area contributed by atoms with Crippen molar-refractivity contribution in [3.63, 3.8) is 0 Å². The van der Waals surface area contributed by atoms with Crippen LogP contribution in [0.4, 0.5) is 0 Å². The van der Waals surface area contributed by atoms with Gasteiger partial charge in [0.2, 0.25) is 0 Å². The highest BCUT2D eigenvalue weighted by molar-refractivity contribution is 6.48. The Kier molecular flexibility index (Phi) is 5.59. The van der Waals surface area contributed by atoms with Gasteiger partial charge in [-0.3, -0.25) is 9.59 Å². The van der Waals surface area contributed by atoms with E-state index in [0.717, 1.165) is 5.56 Å². The van der Waals surface area contributed by atoms with E-state index in [1.165, 1.54) is 6.92 Å². The van der Waals surface area contributed by atoms with Crippen LogP contribution >= 0.6 is 0 Å². The summed E-state index contributed by atoms with van der Waals surface area (Å²) in [6.45, 7) is 1.30. The van der Waals surface area contributed by atoms with Gasteiger partial charge in [0.1, 0.15) is 0 Å². The highest BCUT2D eigenvalue weighted by Gasteiger charge is 2.39. The molecule has 0 bridgehead atoms. The molecule has 4 rings (SSSR count). The number of benzene rings is 3. The maximum absolute atomic E-state index is 13.9. The zero-order valence-corrected chi connectivity index (χ0v) is 16.9. The molecule has 31 heavy (non-hydrogen) atoms. The predicted molar refractivity (Wildman–Crippen MR) is 119 cm³/mol. The Morgan fingerprint density at radius 1 is 0.774 bits per heavy atom. The van der Waals surface area contributed by atoms with Crippen LogP contribution in [-0.4, -0.2) is 17.9 Å². The molecule has 1 unspecified atom stereocenters. The summed E-state index contributed by atoms with van der Waals surface area (Å²) in [7, 11) is 0. The molecule has 1 aliphatic carbocycles. The van der Waals surface area contributed by atoms with E-state index >= 15 is 0 Å². The fourth-order valence-corrected chi connectivity index (χ4v) is 3.87. The van der Waals surface area contributed by atoms with Crippen LogP contribution < -0.4 is 0 Å². The molecule has 0 saturated carbocycles. The molecule has 0 aliphatic heterocycles. The van der Waals surface area contributed by atoms with Crippen LogP contribution in [0.15, 0.2) is 96.6 Å². The monoisotopic (exact) mass is 405 g/mol. The number of hydrogen-bond acceptors (Lipinski definition) is 4. The molecule has 0 heterocycles. The van der Waals surface area contributed by atoms with Crippen LogP contribution in [0.1, 0.15) is 23.6 Å². The van der Waals surface area contributed by atoms with Gasteiger partial charge in [0.15, 0.2) is 11.9 Å². The lowest BCUT2D eigenvalue weighted by atomic mass is 9.76. The third-order valence-electron chi connectivity index (χ3n) is 5.13. The van der Waals surface area contributed by atoms with Crippen molar-refractivity contribution in [3.8, 4) is 6.07 Å². The molecule has 0 amide bonds. The average molecular weight is 405 g/mol. The van der Waals surface area contributed by atoms with Gasteiger partial charge >= 0.3 is 5.97 Å². The van der Waals surface area contributed by atoms with Gasteiger partial charge in [0, 0.05) is 23.6 Å². The van der Waals surface area contributed by atoms with Crippen molar-refractivity contribution in [1.29, 1.82) is 5.26 Å². The van der Waals surface area contributed by atoms with Gasteiger partial charge in [-0.2, -0.15) is 5.26 Å². The van der Waals surface area contributed by atoms with Gasteiger partial charge in [-0.15, -0.1) is 0 Å². The first-order valence-corrected chi connectivity index (χ1v) is 9.88. The fraction of sp³-hybridized carbons (Fsp3) is 0.0741. The number of ketones is 1. The van der Waals surface area contributed by atoms with E-state index in [1.807, 2.05) is 78.9 Å². The summed E-state index contributed by atoms with van der Waals surface area (Å²) in [5.41, 5.74) is 3.37. The van der Waals surface area contributed by atoms with E-state index in [1.54, 1.807) is 12.1 Å². The molecule has 0 saturated heterocycles. The van der Waals surface area contributed by atoms with E-state index < -0.39 is 12.1 Å². The van der Waals surface area contributed by atoms with Gasteiger partial charge in [-0.05, 0) is 16.7 Å². The van der Waals surface area contributed by atoms with Crippen molar-refractivity contribution < 1.29 is 14.3 Å². The maximum atomic E-state index is 13.9. The van der Waals surface area contributed by atoms with E-state index in [2.05, 4.69) is 6.07 Å². The second-order valence-electron chi connectivity index (χ2n) is 7.11. The van der Waals surface area contributed by atoms with E-state index in [9.17, 15) is 14.9 Å². The molecule has 150 valence electrons. The summed E-state index contributed by atoms with van der Waals surface area (Å²) in [5, 5.41) is 10.1. The predicted octanol–water partition coefficient (Wildman–Crippen LogP) is 5.09.